The lowest BCUT2D eigenvalue weighted by Crippen LogP contribution is -2.44. The minimum absolute atomic E-state index is 0.187. The maximum Gasteiger partial charge on any atom is 0.241 e. The van der Waals surface area contributed by atoms with Crippen molar-refractivity contribution in [3.8, 4) is 28.6 Å². The largest absolute Gasteiger partial charge is 0.493 e. The van der Waals surface area contributed by atoms with Crippen LogP contribution in [0.3, 0.4) is 0 Å². The van der Waals surface area contributed by atoms with Crippen molar-refractivity contribution in [1.29, 1.82) is 0 Å². The predicted molar refractivity (Wildman–Crippen MR) is 94.7 cm³/mol. The first-order chi connectivity index (χ1) is 12.5. The SMILES string of the molecule is COc1ccc(-c2noc(CN3C[C@@H](C)O[C@@H](C)C3)n2)c(OC)c1OC. The second-order valence-corrected chi connectivity index (χ2v) is 6.35. The van der Waals surface area contributed by atoms with E-state index in [1.54, 1.807) is 27.4 Å². The number of ether oxygens (including phenoxy) is 4. The van der Waals surface area contributed by atoms with Crippen molar-refractivity contribution >= 4 is 0 Å². The molecule has 8 nitrogen and oxygen atoms in total. The zero-order valence-electron chi connectivity index (χ0n) is 15.8. The van der Waals surface area contributed by atoms with Gasteiger partial charge in [0.05, 0.1) is 45.6 Å². The molecule has 0 amide bonds. The Bertz CT molecular complexity index is 738. The Balaban J connectivity index is 1.83. The van der Waals surface area contributed by atoms with E-state index in [9.17, 15) is 0 Å². The lowest BCUT2D eigenvalue weighted by Gasteiger charge is -2.34. The molecule has 2 heterocycles. The molecule has 0 bridgehead atoms. The van der Waals surface area contributed by atoms with E-state index in [2.05, 4.69) is 28.9 Å². The smallest absolute Gasteiger partial charge is 0.241 e. The summed E-state index contributed by atoms with van der Waals surface area (Å²) in [5.74, 6) is 2.58. The molecule has 3 rings (SSSR count). The maximum absolute atomic E-state index is 5.76. The highest BCUT2D eigenvalue weighted by atomic mass is 16.5. The van der Waals surface area contributed by atoms with Crippen LogP contribution in [0.5, 0.6) is 17.2 Å². The first-order valence-electron chi connectivity index (χ1n) is 8.55. The van der Waals surface area contributed by atoms with E-state index in [0.29, 0.717) is 41.1 Å². The number of nitrogens with zero attached hydrogens (tertiary/aromatic N) is 3. The predicted octanol–water partition coefficient (Wildman–Crippen LogP) is 2.37. The van der Waals surface area contributed by atoms with E-state index in [4.69, 9.17) is 23.5 Å². The fourth-order valence-corrected chi connectivity index (χ4v) is 3.31. The third kappa shape index (κ3) is 3.76. The van der Waals surface area contributed by atoms with Crippen molar-refractivity contribution in [3.63, 3.8) is 0 Å². The molecule has 0 unspecified atom stereocenters. The maximum atomic E-state index is 5.76. The van der Waals surface area contributed by atoms with Gasteiger partial charge < -0.3 is 23.5 Å². The van der Waals surface area contributed by atoms with E-state index in [1.807, 2.05) is 6.07 Å². The van der Waals surface area contributed by atoms with Crippen LogP contribution in [0.15, 0.2) is 16.7 Å². The van der Waals surface area contributed by atoms with Crippen molar-refractivity contribution in [3.05, 3.63) is 18.0 Å². The van der Waals surface area contributed by atoms with Crippen LogP contribution in [0.2, 0.25) is 0 Å². The standard InChI is InChI=1S/C18H25N3O5/c1-11-8-21(9-12(2)25-11)10-15-19-18(20-26-15)13-6-7-14(22-3)17(24-5)16(13)23-4/h6-7,11-12H,8-10H2,1-5H3/t11-,12+. The lowest BCUT2D eigenvalue weighted by atomic mass is 10.1. The molecule has 8 heteroatoms. The molecule has 0 aliphatic carbocycles. The molecule has 142 valence electrons. The van der Waals surface area contributed by atoms with Crippen LogP contribution < -0.4 is 14.2 Å². The molecule has 1 aromatic heterocycles. The van der Waals surface area contributed by atoms with Gasteiger partial charge in [-0.05, 0) is 26.0 Å². The average molecular weight is 363 g/mol. The van der Waals surface area contributed by atoms with Crippen molar-refractivity contribution in [2.45, 2.75) is 32.6 Å². The molecular weight excluding hydrogens is 338 g/mol. The summed E-state index contributed by atoms with van der Waals surface area (Å²) in [4.78, 5) is 6.78. The van der Waals surface area contributed by atoms with Gasteiger partial charge in [0, 0.05) is 13.1 Å². The number of benzene rings is 1. The Morgan fingerprint density at radius 1 is 1.04 bits per heavy atom. The van der Waals surface area contributed by atoms with Gasteiger partial charge in [0.15, 0.2) is 11.5 Å². The van der Waals surface area contributed by atoms with Crippen molar-refractivity contribution < 1.29 is 23.5 Å². The Labute approximate surface area is 153 Å². The fourth-order valence-electron chi connectivity index (χ4n) is 3.31. The Hall–Kier alpha value is -2.32. The summed E-state index contributed by atoms with van der Waals surface area (Å²) in [6.07, 6.45) is 0.374. The van der Waals surface area contributed by atoms with Gasteiger partial charge in [-0.15, -0.1) is 0 Å². The average Bonchev–Trinajstić information content (AvgIpc) is 3.07. The van der Waals surface area contributed by atoms with Crippen molar-refractivity contribution in [2.24, 2.45) is 0 Å². The Morgan fingerprint density at radius 2 is 1.73 bits per heavy atom. The van der Waals surface area contributed by atoms with E-state index in [-0.39, 0.29) is 12.2 Å². The number of rotatable bonds is 6. The summed E-state index contributed by atoms with van der Waals surface area (Å²) in [7, 11) is 4.71. The van der Waals surface area contributed by atoms with Gasteiger partial charge >= 0.3 is 0 Å². The Kier molecular flexibility index (Phi) is 5.63. The highest BCUT2D eigenvalue weighted by Crippen LogP contribution is 2.43. The van der Waals surface area contributed by atoms with Crippen molar-refractivity contribution in [1.82, 2.24) is 15.0 Å². The fraction of sp³-hybridized carbons (Fsp3) is 0.556. The first-order valence-corrected chi connectivity index (χ1v) is 8.55. The zero-order valence-corrected chi connectivity index (χ0v) is 15.8. The molecule has 1 fully saturated rings. The highest BCUT2D eigenvalue weighted by Gasteiger charge is 2.25. The second-order valence-electron chi connectivity index (χ2n) is 6.35. The molecule has 1 aromatic carbocycles. The van der Waals surface area contributed by atoms with E-state index >= 15 is 0 Å². The molecule has 0 N–H and O–H groups in total. The quantitative estimate of drug-likeness (QED) is 0.774. The summed E-state index contributed by atoms with van der Waals surface area (Å²) < 4.78 is 27.4. The van der Waals surface area contributed by atoms with Crippen molar-refractivity contribution in [2.75, 3.05) is 34.4 Å². The van der Waals surface area contributed by atoms with Crippen LogP contribution in [-0.4, -0.2) is 61.7 Å². The molecule has 1 aliphatic heterocycles. The summed E-state index contributed by atoms with van der Waals surface area (Å²) >= 11 is 0. The molecular formula is C18H25N3O5. The number of hydrogen-bond donors (Lipinski definition) is 0. The molecule has 2 atom stereocenters. The van der Waals surface area contributed by atoms with Crippen LogP contribution in [0.25, 0.3) is 11.4 Å². The van der Waals surface area contributed by atoms with Gasteiger partial charge in [-0.3, -0.25) is 4.90 Å². The molecule has 0 saturated carbocycles. The number of morpholine rings is 1. The second kappa shape index (κ2) is 7.92. The van der Waals surface area contributed by atoms with E-state index in [0.717, 1.165) is 13.1 Å². The van der Waals surface area contributed by atoms with E-state index < -0.39 is 0 Å². The molecule has 26 heavy (non-hydrogen) atoms. The monoisotopic (exact) mass is 363 g/mol. The van der Waals surface area contributed by atoms with Crippen LogP contribution in [0.4, 0.5) is 0 Å². The van der Waals surface area contributed by atoms with Gasteiger partial charge in [-0.1, -0.05) is 5.16 Å². The molecule has 0 radical (unpaired) electrons. The molecule has 2 aromatic rings. The third-order valence-corrected chi connectivity index (χ3v) is 4.27. The Morgan fingerprint density at radius 3 is 2.35 bits per heavy atom. The van der Waals surface area contributed by atoms with Crippen LogP contribution in [0, 0.1) is 0 Å². The number of hydrogen-bond acceptors (Lipinski definition) is 8. The number of aromatic nitrogens is 2. The third-order valence-electron chi connectivity index (χ3n) is 4.27. The highest BCUT2D eigenvalue weighted by molar-refractivity contribution is 5.71. The van der Waals surface area contributed by atoms with E-state index in [1.165, 1.54) is 0 Å². The minimum atomic E-state index is 0.187. The summed E-state index contributed by atoms with van der Waals surface area (Å²) in [5, 5.41) is 4.11. The first kappa shape index (κ1) is 18.5. The minimum Gasteiger partial charge on any atom is -0.493 e. The summed E-state index contributed by atoms with van der Waals surface area (Å²) in [6, 6.07) is 3.62. The van der Waals surface area contributed by atoms with Gasteiger partial charge in [0.25, 0.3) is 0 Å². The topological polar surface area (TPSA) is 79.1 Å². The van der Waals surface area contributed by atoms with Gasteiger partial charge in [-0.2, -0.15) is 4.98 Å². The van der Waals surface area contributed by atoms with Crippen LogP contribution in [0.1, 0.15) is 19.7 Å². The summed E-state index contributed by atoms with van der Waals surface area (Å²) in [6.45, 7) is 6.39. The summed E-state index contributed by atoms with van der Waals surface area (Å²) in [5.41, 5.74) is 0.684. The van der Waals surface area contributed by atoms with Gasteiger partial charge in [0.1, 0.15) is 0 Å². The van der Waals surface area contributed by atoms with Crippen LogP contribution >= 0.6 is 0 Å². The van der Waals surface area contributed by atoms with Gasteiger partial charge in [0.2, 0.25) is 17.5 Å². The zero-order chi connectivity index (χ0) is 18.7. The molecule has 1 aliphatic rings. The van der Waals surface area contributed by atoms with Gasteiger partial charge in [-0.25, -0.2) is 0 Å². The molecule has 1 saturated heterocycles. The molecule has 0 spiro atoms. The van der Waals surface area contributed by atoms with Crippen LogP contribution in [-0.2, 0) is 11.3 Å². The number of methoxy groups -OCH3 is 3. The normalized spacial score (nSPS) is 20.8. The lowest BCUT2D eigenvalue weighted by molar-refractivity contribution is -0.0725.